The fraction of sp³-hybridized carbons (Fsp3) is 0.429. The second kappa shape index (κ2) is 5.11. The van der Waals surface area contributed by atoms with Gasteiger partial charge in [0.05, 0.1) is 17.2 Å². The smallest absolute Gasteiger partial charge is 0.285 e. The van der Waals surface area contributed by atoms with E-state index in [0.717, 1.165) is 30.7 Å². The van der Waals surface area contributed by atoms with Gasteiger partial charge in [-0.3, -0.25) is 9.59 Å². The van der Waals surface area contributed by atoms with E-state index in [1.165, 1.54) is 0 Å². The maximum absolute atomic E-state index is 12.0. The first-order chi connectivity index (χ1) is 9.27. The first kappa shape index (κ1) is 12.3. The molecule has 0 saturated heterocycles. The van der Waals surface area contributed by atoms with Crippen molar-refractivity contribution in [2.24, 2.45) is 0 Å². The van der Waals surface area contributed by atoms with E-state index >= 15 is 0 Å². The molecule has 1 aromatic carbocycles. The van der Waals surface area contributed by atoms with Gasteiger partial charge in [0.2, 0.25) is 0 Å². The summed E-state index contributed by atoms with van der Waals surface area (Å²) in [7, 11) is 0. The Morgan fingerprint density at radius 2 is 1.63 bits per heavy atom. The van der Waals surface area contributed by atoms with Gasteiger partial charge in [0, 0.05) is 0 Å². The Bertz CT molecular complexity index is 473. The van der Waals surface area contributed by atoms with Crippen LogP contribution in [0.2, 0.25) is 0 Å². The number of nitrogens with zero attached hydrogens (tertiary/aromatic N) is 1. The van der Waals surface area contributed by atoms with Crippen LogP contribution in [0.1, 0.15) is 46.4 Å². The molecule has 2 aliphatic rings. The fourth-order valence-corrected chi connectivity index (χ4v) is 2.52. The van der Waals surface area contributed by atoms with E-state index in [4.69, 9.17) is 9.57 Å². The lowest BCUT2D eigenvalue weighted by molar-refractivity contribution is -0.184. The summed E-state index contributed by atoms with van der Waals surface area (Å²) in [6.45, 7) is -0.0594. The zero-order valence-electron chi connectivity index (χ0n) is 10.5. The molecule has 1 fully saturated rings. The van der Waals surface area contributed by atoms with Crippen LogP contribution in [0, 0.1) is 0 Å². The quantitative estimate of drug-likeness (QED) is 0.615. The van der Waals surface area contributed by atoms with Gasteiger partial charge in [0.15, 0.2) is 6.79 Å². The first-order valence-corrected chi connectivity index (χ1v) is 6.49. The molecule has 0 spiro atoms. The Morgan fingerprint density at radius 1 is 1.05 bits per heavy atom. The SMILES string of the molecule is O=C1c2ccccc2C(=O)N1OCOC1CCCC1. The molecule has 1 aromatic rings. The number of hydrogen-bond donors (Lipinski definition) is 0. The van der Waals surface area contributed by atoms with Crippen LogP contribution in [0.15, 0.2) is 24.3 Å². The second-order valence-corrected chi connectivity index (χ2v) is 4.77. The van der Waals surface area contributed by atoms with Crippen molar-refractivity contribution in [2.75, 3.05) is 6.79 Å². The minimum Gasteiger partial charge on any atom is -0.350 e. The standard InChI is InChI=1S/C14H15NO4/c16-13-11-7-3-4-8-12(11)14(17)15(13)19-9-18-10-5-1-2-6-10/h3-4,7-8,10H,1-2,5-6,9H2. The molecule has 1 heterocycles. The van der Waals surface area contributed by atoms with Crippen LogP contribution < -0.4 is 0 Å². The molecule has 3 rings (SSSR count). The maximum Gasteiger partial charge on any atom is 0.285 e. The van der Waals surface area contributed by atoms with E-state index in [9.17, 15) is 9.59 Å². The Hall–Kier alpha value is -1.72. The lowest BCUT2D eigenvalue weighted by atomic mass is 10.1. The third-order valence-electron chi connectivity index (χ3n) is 3.54. The van der Waals surface area contributed by atoms with E-state index in [-0.39, 0.29) is 12.9 Å². The lowest BCUT2D eigenvalue weighted by Gasteiger charge is -2.15. The van der Waals surface area contributed by atoms with E-state index < -0.39 is 11.8 Å². The summed E-state index contributed by atoms with van der Waals surface area (Å²) in [4.78, 5) is 29.1. The van der Waals surface area contributed by atoms with Crippen molar-refractivity contribution >= 4 is 11.8 Å². The average molecular weight is 261 g/mol. The molecule has 2 amide bonds. The second-order valence-electron chi connectivity index (χ2n) is 4.77. The molecule has 1 saturated carbocycles. The highest BCUT2D eigenvalue weighted by Crippen LogP contribution is 2.24. The third kappa shape index (κ3) is 2.27. The molecule has 5 nitrogen and oxygen atoms in total. The molecule has 1 aliphatic carbocycles. The number of hydrogen-bond acceptors (Lipinski definition) is 4. The number of fused-ring (bicyclic) bond motifs is 1. The Morgan fingerprint density at radius 3 is 2.21 bits per heavy atom. The van der Waals surface area contributed by atoms with E-state index in [0.29, 0.717) is 11.1 Å². The highest BCUT2D eigenvalue weighted by atomic mass is 16.8. The number of rotatable bonds is 4. The van der Waals surface area contributed by atoms with Gasteiger partial charge in [-0.1, -0.05) is 25.0 Å². The highest BCUT2D eigenvalue weighted by Gasteiger charge is 2.36. The molecule has 0 atom stereocenters. The number of carbonyl (C=O) groups is 2. The lowest BCUT2D eigenvalue weighted by Crippen LogP contribution is -2.31. The van der Waals surface area contributed by atoms with Gasteiger partial charge in [0.25, 0.3) is 11.8 Å². The van der Waals surface area contributed by atoms with Crippen molar-refractivity contribution in [3.8, 4) is 0 Å². The number of carbonyl (C=O) groups excluding carboxylic acids is 2. The van der Waals surface area contributed by atoms with Crippen molar-refractivity contribution in [1.82, 2.24) is 5.06 Å². The first-order valence-electron chi connectivity index (χ1n) is 6.49. The zero-order chi connectivity index (χ0) is 13.2. The topological polar surface area (TPSA) is 55.8 Å². The summed E-state index contributed by atoms with van der Waals surface area (Å²) >= 11 is 0. The minimum absolute atomic E-state index is 0.0594. The molecular weight excluding hydrogens is 246 g/mol. The van der Waals surface area contributed by atoms with Crippen LogP contribution >= 0.6 is 0 Å². The van der Waals surface area contributed by atoms with Crippen LogP contribution in [-0.2, 0) is 9.57 Å². The van der Waals surface area contributed by atoms with Crippen LogP contribution in [0.4, 0.5) is 0 Å². The van der Waals surface area contributed by atoms with Crippen molar-refractivity contribution < 1.29 is 19.2 Å². The summed E-state index contributed by atoms with van der Waals surface area (Å²) in [5.74, 6) is -0.841. The van der Waals surface area contributed by atoms with Gasteiger partial charge in [-0.05, 0) is 25.0 Å². The fourth-order valence-electron chi connectivity index (χ4n) is 2.52. The predicted octanol–water partition coefficient (Wildman–Crippen LogP) is 2.13. The van der Waals surface area contributed by atoms with Crippen LogP contribution in [-0.4, -0.2) is 29.8 Å². The molecule has 1 aliphatic heterocycles. The van der Waals surface area contributed by atoms with E-state index in [2.05, 4.69) is 0 Å². The third-order valence-corrected chi connectivity index (χ3v) is 3.54. The molecule has 0 bridgehead atoms. The molecule has 0 aromatic heterocycles. The van der Waals surface area contributed by atoms with Crippen LogP contribution in [0.5, 0.6) is 0 Å². The van der Waals surface area contributed by atoms with E-state index in [1.807, 2.05) is 0 Å². The molecule has 100 valence electrons. The van der Waals surface area contributed by atoms with Gasteiger partial charge < -0.3 is 4.74 Å². The summed E-state index contributed by atoms with van der Waals surface area (Å²) in [6.07, 6.45) is 4.56. The molecule has 5 heteroatoms. The largest absolute Gasteiger partial charge is 0.350 e. The molecule has 0 unspecified atom stereocenters. The number of imide groups is 1. The van der Waals surface area contributed by atoms with Gasteiger partial charge in [-0.2, -0.15) is 0 Å². The van der Waals surface area contributed by atoms with Crippen molar-refractivity contribution in [1.29, 1.82) is 0 Å². The summed E-state index contributed by atoms with van der Waals surface area (Å²) < 4.78 is 5.49. The highest BCUT2D eigenvalue weighted by molar-refractivity contribution is 6.20. The van der Waals surface area contributed by atoms with Gasteiger partial charge >= 0.3 is 0 Å². The summed E-state index contributed by atoms with van der Waals surface area (Å²) in [6, 6.07) is 6.69. The normalized spacial score (nSPS) is 19.3. The van der Waals surface area contributed by atoms with Crippen molar-refractivity contribution in [3.05, 3.63) is 35.4 Å². The van der Waals surface area contributed by atoms with Crippen LogP contribution in [0.25, 0.3) is 0 Å². The molecule has 0 radical (unpaired) electrons. The van der Waals surface area contributed by atoms with E-state index in [1.54, 1.807) is 24.3 Å². The Labute approximate surface area is 111 Å². The monoisotopic (exact) mass is 261 g/mol. The van der Waals surface area contributed by atoms with Gasteiger partial charge in [-0.15, -0.1) is 5.06 Å². The van der Waals surface area contributed by atoms with Crippen molar-refractivity contribution in [3.63, 3.8) is 0 Å². The van der Waals surface area contributed by atoms with Crippen molar-refractivity contribution in [2.45, 2.75) is 31.8 Å². The number of benzene rings is 1. The summed E-state index contributed by atoms with van der Waals surface area (Å²) in [5, 5.41) is 0.791. The van der Waals surface area contributed by atoms with Crippen LogP contribution in [0.3, 0.4) is 0 Å². The molecule has 19 heavy (non-hydrogen) atoms. The maximum atomic E-state index is 12.0. The number of amides is 2. The Kier molecular flexibility index (Phi) is 3.31. The van der Waals surface area contributed by atoms with Gasteiger partial charge in [0.1, 0.15) is 0 Å². The summed E-state index contributed by atoms with van der Waals surface area (Å²) in [5.41, 5.74) is 0.765. The number of hydroxylamine groups is 2. The Balaban J connectivity index is 1.60. The molecular formula is C14H15NO4. The van der Waals surface area contributed by atoms with Gasteiger partial charge in [-0.25, -0.2) is 4.84 Å². The number of ether oxygens (including phenoxy) is 1. The minimum atomic E-state index is -0.421. The molecule has 0 N–H and O–H groups in total. The zero-order valence-corrected chi connectivity index (χ0v) is 10.5. The predicted molar refractivity (Wildman–Crippen MR) is 66.2 cm³/mol. The average Bonchev–Trinajstić information content (AvgIpc) is 3.02.